The molecule has 1 N–H and O–H groups in total. The summed E-state index contributed by atoms with van der Waals surface area (Å²) < 4.78 is 10.8. The predicted molar refractivity (Wildman–Crippen MR) is 93.1 cm³/mol. The third-order valence-corrected chi connectivity index (χ3v) is 4.79. The lowest BCUT2D eigenvalue weighted by Crippen LogP contribution is -2.15. The summed E-state index contributed by atoms with van der Waals surface area (Å²) in [7, 11) is 2.05. The topological polar surface area (TPSA) is 38.7 Å². The van der Waals surface area contributed by atoms with E-state index in [1.165, 1.54) is 5.56 Å². The second-order valence-electron chi connectivity index (χ2n) is 5.40. The van der Waals surface area contributed by atoms with Crippen molar-refractivity contribution in [2.75, 3.05) is 13.9 Å². The van der Waals surface area contributed by atoms with E-state index in [0.717, 1.165) is 27.5 Å². The van der Waals surface area contributed by atoms with Crippen LogP contribution in [0, 0.1) is 13.8 Å². The quantitative estimate of drug-likeness (QED) is 0.657. The van der Waals surface area contributed by atoms with Crippen LogP contribution < -0.4 is 15.3 Å². The first-order valence-electron chi connectivity index (χ1n) is 7.30. The van der Waals surface area contributed by atoms with E-state index in [4.69, 9.17) is 9.47 Å². The van der Waals surface area contributed by atoms with Gasteiger partial charge in [-0.3, -0.25) is 0 Å². The highest BCUT2D eigenvalue weighted by atomic mass is 31.1. The molecular formula is C18H23O3P. The summed E-state index contributed by atoms with van der Waals surface area (Å²) in [6.45, 7) is 6.17. The normalized spacial score (nSPS) is 12.8. The fourth-order valence-corrected chi connectivity index (χ4v) is 4.07. The van der Waals surface area contributed by atoms with Crippen LogP contribution in [-0.2, 0) is 4.74 Å². The van der Waals surface area contributed by atoms with Crippen LogP contribution in [-0.4, -0.2) is 19.0 Å². The molecule has 2 atom stereocenters. The molecule has 118 valence electrons. The van der Waals surface area contributed by atoms with Gasteiger partial charge < -0.3 is 14.6 Å². The lowest BCUT2D eigenvalue weighted by Gasteiger charge is -2.17. The van der Waals surface area contributed by atoms with E-state index < -0.39 is 6.10 Å². The van der Waals surface area contributed by atoms with Crippen LogP contribution in [0.2, 0.25) is 0 Å². The molecule has 0 bridgehead atoms. The third-order valence-electron chi connectivity index (χ3n) is 3.42. The zero-order chi connectivity index (χ0) is 16.1. The van der Waals surface area contributed by atoms with Crippen LogP contribution in [0.3, 0.4) is 0 Å². The molecule has 0 amide bonds. The molecule has 2 unspecified atom stereocenters. The minimum atomic E-state index is -0.474. The van der Waals surface area contributed by atoms with Gasteiger partial charge in [-0.15, -0.1) is 0 Å². The molecule has 2 aromatic carbocycles. The number of rotatable bonds is 6. The fourth-order valence-electron chi connectivity index (χ4n) is 2.48. The molecule has 2 rings (SSSR count). The van der Waals surface area contributed by atoms with Crippen LogP contribution in [0.4, 0.5) is 0 Å². The van der Waals surface area contributed by atoms with Crippen molar-refractivity contribution in [3.05, 3.63) is 53.1 Å². The summed E-state index contributed by atoms with van der Waals surface area (Å²) in [5, 5.41) is 12.2. The summed E-state index contributed by atoms with van der Waals surface area (Å²) in [5.41, 5.74) is 3.28. The zero-order valence-electron chi connectivity index (χ0n) is 13.5. The minimum absolute atomic E-state index is 0.236. The van der Waals surface area contributed by atoms with Gasteiger partial charge in [-0.1, -0.05) is 38.9 Å². The number of benzene rings is 2. The Bertz CT molecular complexity index is 638. The molecule has 2 aromatic rings. The monoisotopic (exact) mass is 318 g/mol. The standard InChI is InChI=1S/C18H23O3P/c1-12-9-13(2)18(21-11-20-4)17(10-12)22-16-8-6-5-7-15(16)14(3)19/h5-10,14,19,22H,11H2,1-4H3. The first kappa shape index (κ1) is 17.0. The Morgan fingerprint density at radius 2 is 1.86 bits per heavy atom. The van der Waals surface area contributed by atoms with Gasteiger partial charge in [-0.05, 0) is 48.8 Å². The largest absolute Gasteiger partial charge is 0.467 e. The average Bonchev–Trinajstić information content (AvgIpc) is 2.46. The highest BCUT2D eigenvalue weighted by Crippen LogP contribution is 2.27. The van der Waals surface area contributed by atoms with Crippen molar-refractivity contribution in [1.29, 1.82) is 0 Å². The number of aliphatic hydroxyl groups is 1. The van der Waals surface area contributed by atoms with Crippen molar-refractivity contribution < 1.29 is 14.6 Å². The number of hydrogen-bond acceptors (Lipinski definition) is 3. The smallest absolute Gasteiger partial charge is 0.188 e. The maximum atomic E-state index is 9.96. The summed E-state index contributed by atoms with van der Waals surface area (Å²) in [5.74, 6) is 0.881. The fraction of sp³-hybridized carbons (Fsp3) is 0.333. The van der Waals surface area contributed by atoms with Crippen molar-refractivity contribution in [1.82, 2.24) is 0 Å². The lowest BCUT2D eigenvalue weighted by molar-refractivity contribution is 0.0514. The zero-order valence-corrected chi connectivity index (χ0v) is 14.5. The van der Waals surface area contributed by atoms with E-state index >= 15 is 0 Å². The van der Waals surface area contributed by atoms with Gasteiger partial charge in [0.25, 0.3) is 0 Å². The molecule has 4 heteroatoms. The van der Waals surface area contributed by atoms with E-state index in [9.17, 15) is 5.11 Å². The molecule has 3 nitrogen and oxygen atoms in total. The van der Waals surface area contributed by atoms with E-state index in [0.29, 0.717) is 8.58 Å². The molecule has 22 heavy (non-hydrogen) atoms. The molecule has 0 aromatic heterocycles. The maximum absolute atomic E-state index is 9.96. The number of hydrogen-bond donors (Lipinski definition) is 1. The van der Waals surface area contributed by atoms with E-state index in [-0.39, 0.29) is 6.79 Å². The summed E-state index contributed by atoms with van der Waals surface area (Å²) in [6.07, 6.45) is -0.474. The highest BCUT2D eigenvalue weighted by molar-refractivity contribution is 7.55. The van der Waals surface area contributed by atoms with Gasteiger partial charge in [0, 0.05) is 12.4 Å². The van der Waals surface area contributed by atoms with Gasteiger partial charge >= 0.3 is 0 Å². The second-order valence-corrected chi connectivity index (χ2v) is 6.72. The van der Waals surface area contributed by atoms with Crippen molar-refractivity contribution in [3.8, 4) is 5.75 Å². The van der Waals surface area contributed by atoms with Crippen molar-refractivity contribution in [2.45, 2.75) is 26.9 Å². The van der Waals surface area contributed by atoms with Crippen LogP contribution in [0.5, 0.6) is 5.75 Å². The SMILES string of the molecule is COCOc1c(C)cc(C)cc1Pc1ccccc1C(C)O. The molecule has 0 heterocycles. The van der Waals surface area contributed by atoms with Crippen LogP contribution in [0.25, 0.3) is 0 Å². The first-order chi connectivity index (χ1) is 10.5. The Hall–Kier alpha value is -1.41. The molecule has 0 radical (unpaired) electrons. The van der Waals surface area contributed by atoms with E-state index in [1.807, 2.05) is 25.1 Å². The van der Waals surface area contributed by atoms with Crippen molar-refractivity contribution >= 4 is 19.2 Å². The molecular weight excluding hydrogens is 295 g/mol. The van der Waals surface area contributed by atoms with Crippen LogP contribution in [0.15, 0.2) is 36.4 Å². The first-order valence-corrected chi connectivity index (χ1v) is 8.30. The number of ether oxygens (including phenoxy) is 2. The molecule has 0 saturated heterocycles. The van der Waals surface area contributed by atoms with E-state index in [1.54, 1.807) is 14.0 Å². The number of methoxy groups -OCH3 is 1. The van der Waals surface area contributed by atoms with Crippen molar-refractivity contribution in [3.63, 3.8) is 0 Å². The Labute approximate surface area is 134 Å². The summed E-state index contributed by atoms with van der Waals surface area (Å²) >= 11 is 0. The van der Waals surface area contributed by atoms with Crippen LogP contribution >= 0.6 is 8.58 Å². The average molecular weight is 318 g/mol. The Morgan fingerprint density at radius 3 is 2.55 bits per heavy atom. The Kier molecular flexibility index (Phi) is 5.96. The molecule has 0 aliphatic rings. The molecule has 0 spiro atoms. The van der Waals surface area contributed by atoms with Gasteiger partial charge in [0.15, 0.2) is 6.79 Å². The van der Waals surface area contributed by atoms with E-state index in [2.05, 4.69) is 25.1 Å². The second kappa shape index (κ2) is 7.73. The molecule has 0 aliphatic heterocycles. The highest BCUT2D eigenvalue weighted by Gasteiger charge is 2.13. The molecule has 0 fully saturated rings. The lowest BCUT2D eigenvalue weighted by atomic mass is 10.1. The van der Waals surface area contributed by atoms with Crippen molar-refractivity contribution in [2.24, 2.45) is 0 Å². The number of aryl methyl sites for hydroxylation is 2. The predicted octanol–water partition coefficient (Wildman–Crippen LogP) is 2.97. The Balaban J connectivity index is 2.40. The van der Waals surface area contributed by atoms with Gasteiger partial charge in [0.1, 0.15) is 5.75 Å². The number of aliphatic hydroxyl groups excluding tert-OH is 1. The summed E-state index contributed by atoms with van der Waals surface area (Å²) in [4.78, 5) is 0. The minimum Gasteiger partial charge on any atom is -0.467 e. The summed E-state index contributed by atoms with van der Waals surface area (Å²) in [6, 6.07) is 12.3. The molecule has 0 saturated carbocycles. The van der Waals surface area contributed by atoms with Gasteiger partial charge in [-0.2, -0.15) is 0 Å². The molecule has 0 aliphatic carbocycles. The van der Waals surface area contributed by atoms with Gasteiger partial charge in [0.2, 0.25) is 0 Å². The van der Waals surface area contributed by atoms with Gasteiger partial charge in [0.05, 0.1) is 6.10 Å². The van der Waals surface area contributed by atoms with Gasteiger partial charge in [-0.25, -0.2) is 0 Å². The Morgan fingerprint density at radius 1 is 1.14 bits per heavy atom. The third kappa shape index (κ3) is 4.07. The maximum Gasteiger partial charge on any atom is 0.188 e. The van der Waals surface area contributed by atoms with Crippen LogP contribution in [0.1, 0.15) is 29.7 Å².